The third-order valence-corrected chi connectivity index (χ3v) is 3.19. The highest BCUT2D eigenvalue weighted by Crippen LogP contribution is 2.07. The van der Waals surface area contributed by atoms with E-state index in [1.807, 2.05) is 19.1 Å². The van der Waals surface area contributed by atoms with Crippen LogP contribution in [0.3, 0.4) is 0 Å². The van der Waals surface area contributed by atoms with Gasteiger partial charge in [-0.2, -0.15) is 0 Å². The molecular formula is C17H25NO3. The minimum absolute atomic E-state index is 0.0832. The molecule has 116 valence electrons. The van der Waals surface area contributed by atoms with Gasteiger partial charge in [-0.15, -0.1) is 0 Å². The van der Waals surface area contributed by atoms with Gasteiger partial charge in [0.15, 0.2) is 0 Å². The number of rotatable bonds is 9. The molecule has 0 saturated heterocycles. The van der Waals surface area contributed by atoms with Crippen LogP contribution in [0.25, 0.3) is 0 Å². The summed E-state index contributed by atoms with van der Waals surface area (Å²) >= 11 is 0. The lowest BCUT2D eigenvalue weighted by molar-refractivity contribution is -0.142. The molecule has 0 saturated carbocycles. The standard InChI is InChI=1S/C17H25NO3/c1-3-5-7-14-8-10-15(11-9-14)17(20)18-13-16(19)21-12-6-4-2/h8-11H,3-7,12-13H2,1-2H3,(H,18,20). The van der Waals surface area contributed by atoms with Crippen LogP contribution in [0.2, 0.25) is 0 Å². The topological polar surface area (TPSA) is 55.4 Å². The lowest BCUT2D eigenvalue weighted by Gasteiger charge is -2.07. The Hall–Kier alpha value is -1.84. The maximum Gasteiger partial charge on any atom is 0.325 e. The first kappa shape index (κ1) is 17.2. The Bertz CT molecular complexity index is 440. The van der Waals surface area contributed by atoms with E-state index in [1.54, 1.807) is 12.1 Å². The van der Waals surface area contributed by atoms with Gasteiger partial charge in [-0.1, -0.05) is 38.8 Å². The molecule has 1 aromatic carbocycles. The Balaban J connectivity index is 2.36. The van der Waals surface area contributed by atoms with Gasteiger partial charge in [-0.05, 0) is 37.0 Å². The van der Waals surface area contributed by atoms with Crippen LogP contribution >= 0.6 is 0 Å². The second-order valence-electron chi connectivity index (χ2n) is 5.06. The van der Waals surface area contributed by atoms with E-state index >= 15 is 0 Å². The highest BCUT2D eigenvalue weighted by atomic mass is 16.5. The first-order chi connectivity index (χ1) is 10.2. The van der Waals surface area contributed by atoms with Crippen LogP contribution < -0.4 is 5.32 Å². The molecule has 0 atom stereocenters. The van der Waals surface area contributed by atoms with E-state index < -0.39 is 5.97 Å². The summed E-state index contributed by atoms with van der Waals surface area (Å²) in [6, 6.07) is 7.51. The van der Waals surface area contributed by atoms with E-state index in [4.69, 9.17) is 4.74 Å². The zero-order valence-corrected chi connectivity index (χ0v) is 13.0. The molecule has 0 radical (unpaired) electrons. The zero-order chi connectivity index (χ0) is 15.5. The van der Waals surface area contributed by atoms with Crippen molar-refractivity contribution in [1.29, 1.82) is 0 Å². The van der Waals surface area contributed by atoms with E-state index in [0.29, 0.717) is 12.2 Å². The van der Waals surface area contributed by atoms with Gasteiger partial charge in [0.05, 0.1) is 6.61 Å². The van der Waals surface area contributed by atoms with Gasteiger partial charge in [0, 0.05) is 5.56 Å². The number of aryl methyl sites for hydroxylation is 1. The predicted molar refractivity (Wildman–Crippen MR) is 83.3 cm³/mol. The van der Waals surface area contributed by atoms with Crippen LogP contribution in [-0.4, -0.2) is 25.0 Å². The summed E-state index contributed by atoms with van der Waals surface area (Å²) in [5.74, 6) is -0.638. The SMILES string of the molecule is CCCCOC(=O)CNC(=O)c1ccc(CCCC)cc1. The van der Waals surface area contributed by atoms with Crippen molar-refractivity contribution >= 4 is 11.9 Å². The second kappa shape index (κ2) is 9.97. The highest BCUT2D eigenvalue weighted by molar-refractivity contribution is 5.95. The number of hydrogen-bond acceptors (Lipinski definition) is 3. The maximum absolute atomic E-state index is 11.9. The number of ether oxygens (including phenoxy) is 1. The molecule has 21 heavy (non-hydrogen) atoms. The smallest absolute Gasteiger partial charge is 0.325 e. The van der Waals surface area contributed by atoms with Gasteiger partial charge in [0.2, 0.25) is 0 Å². The molecule has 4 heteroatoms. The predicted octanol–water partition coefficient (Wildman–Crippen LogP) is 3.10. The zero-order valence-electron chi connectivity index (χ0n) is 13.0. The molecule has 1 N–H and O–H groups in total. The fraction of sp³-hybridized carbons (Fsp3) is 0.529. The number of hydrogen-bond donors (Lipinski definition) is 1. The van der Waals surface area contributed by atoms with E-state index in [1.165, 1.54) is 5.56 Å². The van der Waals surface area contributed by atoms with Crippen molar-refractivity contribution in [2.75, 3.05) is 13.2 Å². The molecule has 0 fully saturated rings. The Morgan fingerprint density at radius 2 is 1.71 bits per heavy atom. The summed E-state index contributed by atoms with van der Waals surface area (Å²) in [5, 5.41) is 2.57. The highest BCUT2D eigenvalue weighted by Gasteiger charge is 2.08. The Labute approximate surface area is 126 Å². The van der Waals surface area contributed by atoms with Crippen LogP contribution in [-0.2, 0) is 16.0 Å². The summed E-state index contributed by atoms with van der Waals surface area (Å²) in [4.78, 5) is 23.3. The minimum Gasteiger partial charge on any atom is -0.464 e. The number of nitrogens with one attached hydrogen (secondary N) is 1. The van der Waals surface area contributed by atoms with Crippen molar-refractivity contribution in [1.82, 2.24) is 5.32 Å². The number of unbranched alkanes of at least 4 members (excludes halogenated alkanes) is 2. The summed E-state index contributed by atoms with van der Waals surface area (Å²) in [6.07, 6.45) is 5.16. The normalized spacial score (nSPS) is 10.2. The molecule has 0 heterocycles. The fourth-order valence-corrected chi connectivity index (χ4v) is 1.84. The quantitative estimate of drug-likeness (QED) is 0.562. The molecular weight excluding hydrogens is 266 g/mol. The van der Waals surface area contributed by atoms with E-state index in [-0.39, 0.29) is 12.5 Å². The fourth-order valence-electron chi connectivity index (χ4n) is 1.84. The molecule has 0 aliphatic carbocycles. The van der Waals surface area contributed by atoms with Gasteiger partial charge >= 0.3 is 5.97 Å². The molecule has 0 unspecified atom stereocenters. The first-order valence-electron chi connectivity index (χ1n) is 7.70. The van der Waals surface area contributed by atoms with Crippen molar-refractivity contribution in [3.8, 4) is 0 Å². The Kier molecular flexibility index (Phi) is 8.17. The van der Waals surface area contributed by atoms with E-state index in [0.717, 1.165) is 32.1 Å². The molecule has 4 nitrogen and oxygen atoms in total. The summed E-state index contributed by atoms with van der Waals surface area (Å²) < 4.78 is 4.98. The van der Waals surface area contributed by atoms with Crippen molar-refractivity contribution in [2.24, 2.45) is 0 Å². The van der Waals surface area contributed by atoms with Crippen LogP contribution in [0, 0.1) is 0 Å². The van der Waals surface area contributed by atoms with Gasteiger partial charge in [0.1, 0.15) is 6.54 Å². The largest absolute Gasteiger partial charge is 0.464 e. The number of esters is 1. The summed E-state index contributed by atoms with van der Waals surface area (Å²) in [6.45, 7) is 4.51. The third-order valence-electron chi connectivity index (χ3n) is 3.19. The molecule has 0 bridgehead atoms. The average molecular weight is 291 g/mol. The Morgan fingerprint density at radius 1 is 1.05 bits per heavy atom. The minimum atomic E-state index is -0.392. The van der Waals surface area contributed by atoms with Gasteiger partial charge in [-0.25, -0.2) is 0 Å². The molecule has 1 aromatic rings. The summed E-state index contributed by atoms with van der Waals surface area (Å²) in [5.41, 5.74) is 1.80. The number of benzene rings is 1. The van der Waals surface area contributed by atoms with Crippen LogP contribution in [0.15, 0.2) is 24.3 Å². The van der Waals surface area contributed by atoms with E-state index in [9.17, 15) is 9.59 Å². The van der Waals surface area contributed by atoms with Crippen LogP contribution in [0.5, 0.6) is 0 Å². The number of amides is 1. The van der Waals surface area contributed by atoms with Gasteiger partial charge < -0.3 is 10.1 Å². The number of carbonyl (C=O) groups excluding carboxylic acids is 2. The average Bonchev–Trinajstić information content (AvgIpc) is 2.51. The molecule has 1 rings (SSSR count). The first-order valence-corrected chi connectivity index (χ1v) is 7.70. The monoisotopic (exact) mass is 291 g/mol. The lowest BCUT2D eigenvalue weighted by atomic mass is 10.1. The molecule has 0 spiro atoms. The van der Waals surface area contributed by atoms with Crippen molar-refractivity contribution in [3.63, 3.8) is 0 Å². The molecule has 0 aromatic heterocycles. The lowest BCUT2D eigenvalue weighted by Crippen LogP contribution is -2.30. The maximum atomic E-state index is 11.9. The molecule has 0 aliphatic heterocycles. The van der Waals surface area contributed by atoms with Crippen molar-refractivity contribution in [3.05, 3.63) is 35.4 Å². The van der Waals surface area contributed by atoms with Crippen LogP contribution in [0.4, 0.5) is 0 Å². The molecule has 0 aliphatic rings. The Morgan fingerprint density at radius 3 is 2.33 bits per heavy atom. The van der Waals surface area contributed by atoms with E-state index in [2.05, 4.69) is 12.2 Å². The second-order valence-corrected chi connectivity index (χ2v) is 5.06. The number of carbonyl (C=O) groups is 2. The van der Waals surface area contributed by atoms with Crippen molar-refractivity contribution in [2.45, 2.75) is 46.0 Å². The van der Waals surface area contributed by atoms with Crippen LogP contribution in [0.1, 0.15) is 55.5 Å². The van der Waals surface area contributed by atoms with Gasteiger partial charge in [-0.3, -0.25) is 9.59 Å². The summed E-state index contributed by atoms with van der Waals surface area (Å²) in [7, 11) is 0. The third kappa shape index (κ3) is 6.93. The van der Waals surface area contributed by atoms with Crippen molar-refractivity contribution < 1.29 is 14.3 Å². The van der Waals surface area contributed by atoms with Gasteiger partial charge in [0.25, 0.3) is 5.91 Å². The molecule has 1 amide bonds.